The van der Waals surface area contributed by atoms with Crippen molar-refractivity contribution in [2.75, 3.05) is 0 Å². The Morgan fingerprint density at radius 1 is 0.857 bits per heavy atom. The minimum atomic E-state index is 0.112. The van der Waals surface area contributed by atoms with Crippen molar-refractivity contribution < 1.29 is 0 Å². The summed E-state index contributed by atoms with van der Waals surface area (Å²) in [4.78, 5) is 4.66. The summed E-state index contributed by atoms with van der Waals surface area (Å²) in [5.41, 5.74) is 5.02. The molecule has 3 aromatic rings. The first-order valence-electron chi connectivity index (χ1n) is 7.43. The second-order valence-corrected chi connectivity index (χ2v) is 6.60. The van der Waals surface area contributed by atoms with Gasteiger partial charge in [0.2, 0.25) is 0 Å². The summed E-state index contributed by atoms with van der Waals surface area (Å²) >= 11 is 0. The van der Waals surface area contributed by atoms with Gasteiger partial charge in [0, 0.05) is 22.8 Å². The van der Waals surface area contributed by atoms with Gasteiger partial charge in [-0.25, -0.2) is 0 Å². The molecule has 0 saturated heterocycles. The molecule has 0 aliphatic heterocycles. The van der Waals surface area contributed by atoms with E-state index in [9.17, 15) is 0 Å². The van der Waals surface area contributed by atoms with Gasteiger partial charge in [0.1, 0.15) is 0 Å². The van der Waals surface area contributed by atoms with Gasteiger partial charge < -0.3 is 0 Å². The second-order valence-electron chi connectivity index (χ2n) is 6.60. The van der Waals surface area contributed by atoms with Crippen LogP contribution in [0.3, 0.4) is 0 Å². The Morgan fingerprint density at radius 3 is 2.24 bits per heavy atom. The fourth-order valence-corrected chi connectivity index (χ4v) is 2.93. The quantitative estimate of drug-likeness (QED) is 0.571. The Bertz CT molecular complexity index is 780. The molecule has 0 amide bonds. The van der Waals surface area contributed by atoms with Gasteiger partial charge in [0.15, 0.2) is 0 Å². The summed E-state index contributed by atoms with van der Waals surface area (Å²) in [6.45, 7) is 8.88. The summed E-state index contributed by atoms with van der Waals surface area (Å²) in [5, 5.41) is 2.59. The molecule has 0 unspecified atom stereocenters. The number of benzene rings is 2. The maximum atomic E-state index is 4.66. The maximum Gasteiger partial charge on any atom is 0.0454 e. The van der Waals surface area contributed by atoms with Crippen LogP contribution in [-0.4, -0.2) is 4.98 Å². The molecule has 106 valence electrons. The van der Waals surface area contributed by atoms with Crippen molar-refractivity contribution in [2.45, 2.75) is 33.1 Å². The predicted octanol–water partition coefficient (Wildman–Crippen LogP) is 5.51. The number of pyridine rings is 1. The molecule has 3 rings (SSSR count). The Labute approximate surface area is 126 Å². The van der Waals surface area contributed by atoms with Gasteiger partial charge in [-0.3, -0.25) is 4.98 Å². The van der Waals surface area contributed by atoms with Gasteiger partial charge in [-0.15, -0.1) is 0 Å². The van der Waals surface area contributed by atoms with Gasteiger partial charge in [-0.2, -0.15) is 0 Å². The highest BCUT2D eigenvalue weighted by Gasteiger charge is 2.19. The fraction of sp³-hybridized carbons (Fsp3) is 0.250. The first-order chi connectivity index (χ1) is 9.98. The molecular weight excluding hydrogens is 254 g/mol. The van der Waals surface area contributed by atoms with E-state index in [0.717, 1.165) is 5.69 Å². The monoisotopic (exact) mass is 275 g/mol. The van der Waals surface area contributed by atoms with Crippen LogP contribution in [0.15, 0.2) is 54.7 Å². The molecule has 2 aromatic carbocycles. The van der Waals surface area contributed by atoms with Crippen molar-refractivity contribution in [1.82, 2.24) is 4.98 Å². The van der Waals surface area contributed by atoms with Crippen molar-refractivity contribution in [3.63, 3.8) is 0 Å². The minimum Gasteiger partial charge on any atom is -0.260 e. The Morgan fingerprint density at radius 2 is 1.57 bits per heavy atom. The van der Waals surface area contributed by atoms with E-state index in [-0.39, 0.29) is 5.41 Å². The van der Waals surface area contributed by atoms with Crippen LogP contribution in [0.5, 0.6) is 0 Å². The number of aromatic nitrogens is 1. The molecule has 0 radical (unpaired) electrons. The number of fused-ring (bicyclic) bond motifs is 1. The Balaban J connectivity index is 2.39. The SMILES string of the molecule is Cc1ncc(-c2ccccc2)c2cccc(C(C)(C)C)c12. The lowest BCUT2D eigenvalue weighted by atomic mass is 9.82. The van der Waals surface area contributed by atoms with E-state index in [1.165, 1.54) is 27.5 Å². The zero-order valence-electron chi connectivity index (χ0n) is 13.1. The molecule has 21 heavy (non-hydrogen) atoms. The summed E-state index contributed by atoms with van der Waals surface area (Å²) in [5.74, 6) is 0. The molecule has 0 aliphatic rings. The predicted molar refractivity (Wildman–Crippen MR) is 90.6 cm³/mol. The first kappa shape index (κ1) is 13.8. The molecule has 0 aliphatic carbocycles. The lowest BCUT2D eigenvalue weighted by Gasteiger charge is -2.23. The molecule has 1 aromatic heterocycles. The van der Waals surface area contributed by atoms with E-state index in [2.05, 4.69) is 75.1 Å². The van der Waals surface area contributed by atoms with Crippen molar-refractivity contribution in [3.8, 4) is 11.1 Å². The normalized spacial score (nSPS) is 11.8. The van der Waals surface area contributed by atoms with Gasteiger partial charge >= 0.3 is 0 Å². The molecule has 1 nitrogen and oxygen atoms in total. The average molecular weight is 275 g/mol. The number of hydrogen-bond acceptors (Lipinski definition) is 1. The molecule has 0 N–H and O–H groups in total. The Kier molecular flexibility index (Phi) is 3.29. The molecule has 0 atom stereocenters. The highest BCUT2D eigenvalue weighted by molar-refractivity contribution is 5.99. The van der Waals surface area contributed by atoms with Crippen LogP contribution in [0.25, 0.3) is 21.9 Å². The fourth-order valence-electron chi connectivity index (χ4n) is 2.93. The minimum absolute atomic E-state index is 0.112. The van der Waals surface area contributed by atoms with E-state index in [0.29, 0.717) is 0 Å². The van der Waals surface area contributed by atoms with Crippen LogP contribution >= 0.6 is 0 Å². The van der Waals surface area contributed by atoms with Crippen molar-refractivity contribution in [1.29, 1.82) is 0 Å². The van der Waals surface area contributed by atoms with Crippen LogP contribution in [0.2, 0.25) is 0 Å². The number of aryl methyl sites for hydroxylation is 1. The van der Waals surface area contributed by atoms with Crippen LogP contribution in [0.4, 0.5) is 0 Å². The number of rotatable bonds is 1. The van der Waals surface area contributed by atoms with Crippen molar-refractivity contribution in [2.24, 2.45) is 0 Å². The highest BCUT2D eigenvalue weighted by Crippen LogP contribution is 2.35. The largest absolute Gasteiger partial charge is 0.260 e. The van der Waals surface area contributed by atoms with Gasteiger partial charge in [-0.05, 0) is 28.9 Å². The summed E-state index contributed by atoms with van der Waals surface area (Å²) in [6.07, 6.45) is 2.00. The van der Waals surface area contributed by atoms with E-state index in [1.54, 1.807) is 0 Å². The third-order valence-corrected chi connectivity index (χ3v) is 4.00. The van der Waals surface area contributed by atoms with Gasteiger partial charge in [0.25, 0.3) is 0 Å². The maximum absolute atomic E-state index is 4.66. The molecule has 0 spiro atoms. The lowest BCUT2D eigenvalue weighted by molar-refractivity contribution is 0.595. The summed E-state index contributed by atoms with van der Waals surface area (Å²) in [6, 6.07) is 17.1. The standard InChI is InChI=1S/C20H21N/c1-14-19-16(11-8-12-18(19)20(2,3)4)17(13-21-14)15-9-6-5-7-10-15/h5-13H,1-4H3. The van der Waals surface area contributed by atoms with Crippen LogP contribution < -0.4 is 0 Å². The van der Waals surface area contributed by atoms with E-state index in [1.807, 2.05) is 12.3 Å². The first-order valence-corrected chi connectivity index (χ1v) is 7.43. The van der Waals surface area contributed by atoms with E-state index >= 15 is 0 Å². The van der Waals surface area contributed by atoms with Gasteiger partial charge in [-0.1, -0.05) is 69.3 Å². The number of hydrogen-bond donors (Lipinski definition) is 0. The van der Waals surface area contributed by atoms with Crippen LogP contribution in [-0.2, 0) is 5.41 Å². The summed E-state index contributed by atoms with van der Waals surface area (Å²) in [7, 11) is 0. The smallest absolute Gasteiger partial charge is 0.0454 e. The topological polar surface area (TPSA) is 12.9 Å². The average Bonchev–Trinajstić information content (AvgIpc) is 2.47. The molecule has 1 heterocycles. The van der Waals surface area contributed by atoms with Crippen LogP contribution in [0, 0.1) is 6.92 Å². The highest BCUT2D eigenvalue weighted by atomic mass is 14.7. The van der Waals surface area contributed by atoms with Crippen molar-refractivity contribution >= 4 is 10.8 Å². The third kappa shape index (κ3) is 2.44. The second kappa shape index (κ2) is 5.00. The zero-order valence-corrected chi connectivity index (χ0v) is 13.1. The van der Waals surface area contributed by atoms with Gasteiger partial charge in [0.05, 0.1) is 0 Å². The molecule has 1 heteroatoms. The molecule has 0 saturated carbocycles. The molecule has 0 fully saturated rings. The Hall–Kier alpha value is -2.15. The zero-order chi connectivity index (χ0) is 15.0. The molecular formula is C20H21N. The van der Waals surface area contributed by atoms with E-state index in [4.69, 9.17) is 0 Å². The number of nitrogens with zero attached hydrogens (tertiary/aromatic N) is 1. The third-order valence-electron chi connectivity index (χ3n) is 4.00. The summed E-state index contributed by atoms with van der Waals surface area (Å²) < 4.78 is 0. The van der Waals surface area contributed by atoms with Crippen molar-refractivity contribution in [3.05, 3.63) is 66.0 Å². The molecule has 0 bridgehead atoms. The lowest BCUT2D eigenvalue weighted by Crippen LogP contribution is -2.12. The van der Waals surface area contributed by atoms with E-state index < -0.39 is 0 Å². The van der Waals surface area contributed by atoms with Crippen LogP contribution in [0.1, 0.15) is 32.0 Å².